The number of hydrogen-bond donors (Lipinski definition) is 0. The van der Waals surface area contributed by atoms with Gasteiger partial charge in [-0.3, -0.25) is 0 Å². The second-order valence-corrected chi connectivity index (χ2v) is 13.7. The van der Waals surface area contributed by atoms with Crippen LogP contribution in [-0.2, 0) is 0 Å². The van der Waals surface area contributed by atoms with E-state index >= 15 is 0 Å². The maximum atomic E-state index is 2.44. The van der Waals surface area contributed by atoms with E-state index in [9.17, 15) is 0 Å². The van der Waals surface area contributed by atoms with E-state index < -0.39 is 0 Å². The molecule has 0 spiro atoms. The lowest BCUT2D eigenvalue weighted by Crippen LogP contribution is -2.09. The van der Waals surface area contributed by atoms with Crippen molar-refractivity contribution < 1.29 is 0 Å². The Hall–Kier alpha value is -6.96. The average Bonchev–Trinajstić information content (AvgIpc) is 3.24. The molecule has 0 bridgehead atoms. The molecule has 0 aliphatic rings. The van der Waals surface area contributed by atoms with Crippen molar-refractivity contribution in [2.24, 2.45) is 0 Å². The van der Waals surface area contributed by atoms with Crippen molar-refractivity contribution >= 4 is 60.2 Å². The number of benzene rings is 10. The topological polar surface area (TPSA) is 3.24 Å². The van der Waals surface area contributed by atoms with Gasteiger partial charge in [0.25, 0.3) is 0 Å². The van der Waals surface area contributed by atoms with Crippen LogP contribution in [0.3, 0.4) is 0 Å². The zero-order valence-corrected chi connectivity index (χ0v) is 29.2. The van der Waals surface area contributed by atoms with Crippen LogP contribution in [0.1, 0.15) is 0 Å². The first kappa shape index (κ1) is 30.8. The van der Waals surface area contributed by atoms with Crippen LogP contribution in [0.15, 0.2) is 212 Å². The predicted molar refractivity (Wildman–Crippen MR) is 227 cm³/mol. The van der Waals surface area contributed by atoms with Gasteiger partial charge in [-0.05, 0) is 125 Å². The molecule has 0 heterocycles. The molecule has 10 aromatic rings. The van der Waals surface area contributed by atoms with Gasteiger partial charge in [0.2, 0.25) is 0 Å². The van der Waals surface area contributed by atoms with Crippen molar-refractivity contribution in [3.05, 3.63) is 212 Å². The van der Waals surface area contributed by atoms with Crippen molar-refractivity contribution in [3.63, 3.8) is 0 Å². The van der Waals surface area contributed by atoms with Crippen LogP contribution < -0.4 is 4.90 Å². The predicted octanol–water partition coefficient (Wildman–Crippen LogP) is 14.8. The van der Waals surface area contributed by atoms with Gasteiger partial charge in [-0.25, -0.2) is 0 Å². The average molecular weight is 674 g/mol. The highest BCUT2D eigenvalue weighted by Crippen LogP contribution is 2.50. The number of fused-ring (bicyclic) bond motifs is 7. The minimum atomic E-state index is 1.12. The molecule has 0 amide bonds. The largest absolute Gasteiger partial charge is 0.310 e. The molecule has 1 nitrogen and oxygen atoms in total. The van der Waals surface area contributed by atoms with Crippen molar-refractivity contribution in [1.29, 1.82) is 0 Å². The van der Waals surface area contributed by atoms with Gasteiger partial charge in [-0.15, -0.1) is 0 Å². The summed E-state index contributed by atoms with van der Waals surface area (Å²) in [6, 6.07) is 77.3. The van der Waals surface area contributed by atoms with E-state index in [0.717, 1.165) is 17.1 Å². The monoisotopic (exact) mass is 673 g/mol. The fourth-order valence-electron chi connectivity index (χ4n) is 8.22. The molecular weight excluding hydrogens is 639 g/mol. The molecule has 0 unspecified atom stereocenters. The number of anilines is 3. The van der Waals surface area contributed by atoms with Crippen LogP contribution in [-0.4, -0.2) is 0 Å². The summed E-state index contributed by atoms with van der Waals surface area (Å²) in [7, 11) is 0. The molecule has 0 N–H and O–H groups in total. The molecule has 0 saturated heterocycles. The smallest absolute Gasteiger partial charge is 0.0468 e. The Kier molecular flexibility index (Phi) is 7.55. The SMILES string of the molecule is c1ccc(-c2cc(-c3ccccc3)c3c4ccccc4c4cc(N(c5ccccc5)c5ccccc5)ccc4c3c2-c2ccc3ccccc3c2)cc1. The highest BCUT2D eigenvalue weighted by Gasteiger charge is 2.23. The Balaban J connectivity index is 1.39. The van der Waals surface area contributed by atoms with Gasteiger partial charge in [0.05, 0.1) is 0 Å². The highest BCUT2D eigenvalue weighted by molar-refractivity contribution is 6.33. The van der Waals surface area contributed by atoms with E-state index in [4.69, 9.17) is 0 Å². The van der Waals surface area contributed by atoms with Crippen molar-refractivity contribution in [1.82, 2.24) is 0 Å². The Labute approximate surface area is 309 Å². The third kappa shape index (κ3) is 5.34. The molecule has 0 fully saturated rings. The van der Waals surface area contributed by atoms with Gasteiger partial charge < -0.3 is 4.90 Å². The summed E-state index contributed by atoms with van der Waals surface area (Å²) >= 11 is 0. The van der Waals surface area contributed by atoms with Crippen molar-refractivity contribution in [2.45, 2.75) is 0 Å². The second kappa shape index (κ2) is 13.0. The molecule has 10 aromatic carbocycles. The Morgan fingerprint density at radius 3 is 1.45 bits per heavy atom. The van der Waals surface area contributed by atoms with Gasteiger partial charge in [0.1, 0.15) is 0 Å². The molecule has 53 heavy (non-hydrogen) atoms. The summed E-state index contributed by atoms with van der Waals surface area (Å²) in [6.07, 6.45) is 0. The maximum absolute atomic E-state index is 2.44. The number of rotatable bonds is 6. The molecule has 0 atom stereocenters. The van der Waals surface area contributed by atoms with Crippen LogP contribution in [0.5, 0.6) is 0 Å². The summed E-state index contributed by atoms with van der Waals surface area (Å²) < 4.78 is 0. The van der Waals surface area contributed by atoms with Gasteiger partial charge in [0.15, 0.2) is 0 Å². The molecule has 0 aliphatic carbocycles. The minimum absolute atomic E-state index is 1.12. The summed E-state index contributed by atoms with van der Waals surface area (Å²) in [5, 5.41) is 9.98. The van der Waals surface area contributed by atoms with Gasteiger partial charge >= 0.3 is 0 Å². The molecular formula is C52H35N. The van der Waals surface area contributed by atoms with E-state index in [2.05, 4.69) is 217 Å². The fraction of sp³-hybridized carbons (Fsp3) is 0. The molecule has 1 heteroatoms. The first-order valence-corrected chi connectivity index (χ1v) is 18.3. The zero-order chi connectivity index (χ0) is 35.1. The van der Waals surface area contributed by atoms with Crippen LogP contribution in [0.2, 0.25) is 0 Å². The first-order valence-electron chi connectivity index (χ1n) is 18.3. The van der Waals surface area contributed by atoms with Crippen molar-refractivity contribution in [2.75, 3.05) is 4.90 Å². The minimum Gasteiger partial charge on any atom is -0.310 e. The van der Waals surface area contributed by atoms with E-state index in [0.29, 0.717) is 0 Å². The zero-order valence-electron chi connectivity index (χ0n) is 29.2. The van der Waals surface area contributed by atoms with Crippen LogP contribution in [0.4, 0.5) is 17.1 Å². The Bertz CT molecular complexity index is 2880. The van der Waals surface area contributed by atoms with Gasteiger partial charge in [-0.2, -0.15) is 0 Å². The first-order chi connectivity index (χ1) is 26.3. The highest BCUT2D eigenvalue weighted by atomic mass is 15.1. The Morgan fingerprint density at radius 1 is 0.264 bits per heavy atom. The number of hydrogen-bond acceptors (Lipinski definition) is 1. The van der Waals surface area contributed by atoms with E-state index in [1.54, 1.807) is 0 Å². The van der Waals surface area contributed by atoms with Crippen LogP contribution in [0.25, 0.3) is 76.5 Å². The van der Waals surface area contributed by atoms with E-state index in [-0.39, 0.29) is 0 Å². The molecule has 0 aliphatic heterocycles. The third-order valence-corrected chi connectivity index (χ3v) is 10.6. The van der Waals surface area contributed by atoms with Crippen LogP contribution in [0, 0.1) is 0 Å². The molecule has 0 radical (unpaired) electrons. The number of para-hydroxylation sites is 2. The lowest BCUT2D eigenvalue weighted by molar-refractivity contribution is 1.29. The fourth-order valence-corrected chi connectivity index (χ4v) is 8.22. The summed E-state index contributed by atoms with van der Waals surface area (Å²) in [6.45, 7) is 0. The Morgan fingerprint density at radius 2 is 0.792 bits per heavy atom. The number of nitrogens with zero attached hydrogens (tertiary/aromatic N) is 1. The van der Waals surface area contributed by atoms with E-state index in [1.165, 1.54) is 76.5 Å². The lowest BCUT2D eigenvalue weighted by Gasteiger charge is -2.27. The second-order valence-electron chi connectivity index (χ2n) is 13.7. The standard InChI is InChI=1S/C52H35N/c1-5-18-37(19-6-1)47-35-48(38-20-7-2-8-21-38)51-45-28-16-15-27-44(45)49-34-43(53(41-23-9-3-10-24-41)42-25-11-4-12-26-42)31-32-46(49)52(51)50(47)40-30-29-36-17-13-14-22-39(36)33-40/h1-35H. The summed E-state index contributed by atoms with van der Waals surface area (Å²) in [4.78, 5) is 2.36. The van der Waals surface area contributed by atoms with Crippen LogP contribution >= 0.6 is 0 Å². The third-order valence-electron chi connectivity index (χ3n) is 10.6. The van der Waals surface area contributed by atoms with Gasteiger partial charge in [-0.1, -0.05) is 164 Å². The molecule has 10 rings (SSSR count). The molecule has 248 valence electrons. The van der Waals surface area contributed by atoms with Gasteiger partial charge in [0, 0.05) is 17.1 Å². The normalized spacial score (nSPS) is 11.4. The van der Waals surface area contributed by atoms with E-state index in [1.807, 2.05) is 0 Å². The molecule has 0 aromatic heterocycles. The maximum Gasteiger partial charge on any atom is 0.0468 e. The quantitative estimate of drug-likeness (QED) is 0.159. The summed E-state index contributed by atoms with van der Waals surface area (Å²) in [5.41, 5.74) is 10.7. The summed E-state index contributed by atoms with van der Waals surface area (Å²) in [5.74, 6) is 0. The molecule has 0 saturated carbocycles. The van der Waals surface area contributed by atoms with Crippen molar-refractivity contribution in [3.8, 4) is 33.4 Å². The lowest BCUT2D eigenvalue weighted by atomic mass is 9.81.